The quantitative estimate of drug-likeness (QED) is 0.567. The van der Waals surface area contributed by atoms with Gasteiger partial charge in [0.1, 0.15) is 0 Å². The molecule has 0 unspecified atom stereocenters. The van der Waals surface area contributed by atoms with Crippen LogP contribution in [-0.2, 0) is 11.2 Å². The molecule has 0 bridgehead atoms. The van der Waals surface area contributed by atoms with Crippen molar-refractivity contribution in [3.63, 3.8) is 0 Å². The van der Waals surface area contributed by atoms with Crippen LogP contribution < -0.4 is 5.32 Å². The van der Waals surface area contributed by atoms with E-state index >= 15 is 0 Å². The van der Waals surface area contributed by atoms with Gasteiger partial charge < -0.3 is 19.5 Å². The first-order valence-corrected chi connectivity index (χ1v) is 11.9. The molecule has 1 saturated heterocycles. The zero-order chi connectivity index (χ0) is 23.2. The molecule has 0 saturated carbocycles. The van der Waals surface area contributed by atoms with Crippen LogP contribution in [0.25, 0.3) is 0 Å². The Balaban J connectivity index is 1.26. The lowest BCUT2D eigenvalue weighted by Crippen LogP contribution is -2.50. The number of benzene rings is 1. The van der Waals surface area contributed by atoms with Gasteiger partial charge >= 0.3 is 0 Å². The van der Waals surface area contributed by atoms with Gasteiger partial charge in [-0.2, -0.15) is 0 Å². The number of anilines is 1. The third-order valence-corrected chi connectivity index (χ3v) is 6.85. The van der Waals surface area contributed by atoms with Crippen molar-refractivity contribution in [1.29, 1.82) is 0 Å². The van der Waals surface area contributed by atoms with Crippen molar-refractivity contribution >= 4 is 34.1 Å². The van der Waals surface area contributed by atoms with Gasteiger partial charge in [0.2, 0.25) is 5.91 Å². The van der Waals surface area contributed by atoms with E-state index in [1.165, 1.54) is 23.2 Å². The number of hydrogen-bond donors (Lipinski definition) is 1. The first-order chi connectivity index (χ1) is 16.0. The first kappa shape index (κ1) is 22.8. The maximum absolute atomic E-state index is 13.1. The predicted molar refractivity (Wildman–Crippen MR) is 128 cm³/mol. The molecule has 0 spiro atoms. The van der Waals surface area contributed by atoms with Gasteiger partial charge in [-0.3, -0.25) is 14.4 Å². The molecule has 1 N–H and O–H groups in total. The smallest absolute Gasteiger partial charge is 0.291 e. The highest BCUT2D eigenvalue weighted by Gasteiger charge is 2.27. The van der Waals surface area contributed by atoms with Crippen LogP contribution in [0.15, 0.2) is 59.2 Å². The number of nitrogens with zero attached hydrogens (tertiary/aromatic N) is 2. The minimum absolute atomic E-state index is 0.0628. The summed E-state index contributed by atoms with van der Waals surface area (Å²) in [5, 5.41) is 3.38. The number of thiophene rings is 1. The second-order valence-electron chi connectivity index (χ2n) is 8.07. The molecule has 0 aliphatic carbocycles. The predicted octanol–water partition coefficient (Wildman–Crippen LogP) is 4.21. The maximum atomic E-state index is 13.1. The second-order valence-corrected chi connectivity index (χ2v) is 9.12. The largest absolute Gasteiger partial charge is 0.459 e. The highest BCUT2D eigenvalue weighted by molar-refractivity contribution is 7.18. The standard InChI is InChI=1S/C25H27N3O4S/c1-18-17-21(26-24(30)20-10-6-16-32-20)33-23(18)25(31)28-14-12-27(13-15-28)22(29)11-5-9-19-7-3-2-4-8-19/h2-4,6-8,10,16-17H,5,9,11-15H2,1H3,(H,26,30). The van der Waals surface area contributed by atoms with Crippen LogP contribution in [0.1, 0.15) is 44.2 Å². The average molecular weight is 466 g/mol. The minimum atomic E-state index is -0.348. The van der Waals surface area contributed by atoms with E-state index in [-0.39, 0.29) is 23.5 Å². The number of nitrogens with one attached hydrogen (secondary N) is 1. The van der Waals surface area contributed by atoms with Crippen molar-refractivity contribution in [2.75, 3.05) is 31.5 Å². The Bertz CT molecular complexity index is 1100. The van der Waals surface area contributed by atoms with E-state index in [9.17, 15) is 14.4 Å². The molecule has 0 atom stereocenters. The second kappa shape index (κ2) is 10.5. The monoisotopic (exact) mass is 465 g/mol. The van der Waals surface area contributed by atoms with E-state index in [1.807, 2.05) is 30.0 Å². The number of rotatable bonds is 7. The molecule has 4 rings (SSSR count). The molecular formula is C25H27N3O4S. The molecule has 1 aliphatic heterocycles. The molecule has 2 aromatic heterocycles. The van der Waals surface area contributed by atoms with Gasteiger partial charge in [-0.1, -0.05) is 30.3 Å². The SMILES string of the molecule is Cc1cc(NC(=O)c2ccco2)sc1C(=O)N1CCN(C(=O)CCCc2ccccc2)CC1. The fourth-order valence-corrected chi connectivity index (χ4v) is 4.92. The van der Waals surface area contributed by atoms with Crippen LogP contribution in [-0.4, -0.2) is 53.7 Å². The zero-order valence-electron chi connectivity index (χ0n) is 18.6. The number of piperazine rings is 1. The van der Waals surface area contributed by atoms with Crippen LogP contribution in [0, 0.1) is 6.92 Å². The summed E-state index contributed by atoms with van der Waals surface area (Å²) in [5.74, 6) is -0.0430. The van der Waals surface area contributed by atoms with E-state index in [1.54, 1.807) is 23.1 Å². The topological polar surface area (TPSA) is 82.9 Å². The summed E-state index contributed by atoms with van der Waals surface area (Å²) in [4.78, 5) is 42.1. The Morgan fingerprint density at radius 1 is 1.00 bits per heavy atom. The van der Waals surface area contributed by atoms with Crippen LogP contribution in [0.5, 0.6) is 0 Å². The Labute approximate surface area is 197 Å². The summed E-state index contributed by atoms with van der Waals surface area (Å²) in [6.07, 6.45) is 3.67. The average Bonchev–Trinajstić information content (AvgIpc) is 3.49. The number of furan rings is 1. The van der Waals surface area contributed by atoms with E-state index in [4.69, 9.17) is 4.42 Å². The summed E-state index contributed by atoms with van der Waals surface area (Å²) in [6, 6.07) is 15.2. The molecule has 0 radical (unpaired) electrons. The minimum Gasteiger partial charge on any atom is -0.459 e. The number of hydrogen-bond acceptors (Lipinski definition) is 5. The van der Waals surface area contributed by atoms with Gasteiger partial charge in [0.25, 0.3) is 11.8 Å². The van der Waals surface area contributed by atoms with Crippen molar-refractivity contribution in [3.8, 4) is 0 Å². The molecule has 172 valence electrons. The lowest BCUT2D eigenvalue weighted by atomic mass is 10.1. The molecule has 3 heterocycles. The fraction of sp³-hybridized carbons (Fsp3) is 0.320. The molecule has 33 heavy (non-hydrogen) atoms. The van der Waals surface area contributed by atoms with E-state index < -0.39 is 0 Å². The van der Waals surface area contributed by atoms with Crippen molar-refractivity contribution in [2.45, 2.75) is 26.2 Å². The number of aryl methyl sites for hydroxylation is 2. The van der Waals surface area contributed by atoms with Crippen molar-refractivity contribution in [2.24, 2.45) is 0 Å². The number of carbonyl (C=O) groups is 3. The summed E-state index contributed by atoms with van der Waals surface area (Å²) in [7, 11) is 0. The van der Waals surface area contributed by atoms with Crippen LogP contribution in [0.2, 0.25) is 0 Å². The highest BCUT2D eigenvalue weighted by Crippen LogP contribution is 2.28. The maximum Gasteiger partial charge on any atom is 0.291 e. The molecule has 1 fully saturated rings. The van der Waals surface area contributed by atoms with Gasteiger partial charge in [0.05, 0.1) is 16.1 Å². The Morgan fingerprint density at radius 2 is 1.73 bits per heavy atom. The third-order valence-electron chi connectivity index (χ3n) is 5.71. The van der Waals surface area contributed by atoms with Crippen LogP contribution >= 0.6 is 11.3 Å². The van der Waals surface area contributed by atoms with Gasteiger partial charge in [-0.15, -0.1) is 11.3 Å². The summed E-state index contributed by atoms with van der Waals surface area (Å²) in [6.45, 7) is 3.97. The molecule has 8 heteroatoms. The summed E-state index contributed by atoms with van der Waals surface area (Å²) in [5.41, 5.74) is 2.06. The highest BCUT2D eigenvalue weighted by atomic mass is 32.1. The van der Waals surface area contributed by atoms with Gasteiger partial charge in [0.15, 0.2) is 5.76 Å². The third kappa shape index (κ3) is 5.70. The fourth-order valence-electron chi connectivity index (χ4n) is 3.89. The Morgan fingerprint density at radius 3 is 2.42 bits per heavy atom. The molecule has 1 aromatic carbocycles. The molecule has 1 aliphatic rings. The lowest BCUT2D eigenvalue weighted by Gasteiger charge is -2.34. The van der Waals surface area contributed by atoms with Crippen molar-refractivity contribution in [1.82, 2.24) is 9.80 Å². The molecule has 3 aromatic rings. The lowest BCUT2D eigenvalue weighted by molar-refractivity contribution is -0.132. The van der Waals surface area contributed by atoms with Gasteiger partial charge in [0, 0.05) is 32.6 Å². The van der Waals surface area contributed by atoms with Crippen molar-refractivity contribution in [3.05, 3.63) is 76.6 Å². The summed E-state index contributed by atoms with van der Waals surface area (Å²) >= 11 is 1.26. The Kier molecular flexibility index (Phi) is 7.24. The molecular weight excluding hydrogens is 438 g/mol. The van der Waals surface area contributed by atoms with Crippen LogP contribution in [0.3, 0.4) is 0 Å². The van der Waals surface area contributed by atoms with E-state index in [0.717, 1.165) is 18.4 Å². The zero-order valence-corrected chi connectivity index (χ0v) is 19.4. The first-order valence-electron chi connectivity index (χ1n) is 11.1. The van der Waals surface area contributed by atoms with Crippen LogP contribution in [0.4, 0.5) is 5.00 Å². The molecule has 3 amide bonds. The molecule has 7 nitrogen and oxygen atoms in total. The van der Waals surface area contributed by atoms with Gasteiger partial charge in [-0.25, -0.2) is 0 Å². The van der Waals surface area contributed by atoms with Gasteiger partial charge in [-0.05, 0) is 49.1 Å². The van der Waals surface area contributed by atoms with Crippen molar-refractivity contribution < 1.29 is 18.8 Å². The number of carbonyl (C=O) groups excluding carboxylic acids is 3. The Hall–Kier alpha value is -3.39. The summed E-state index contributed by atoms with van der Waals surface area (Å²) < 4.78 is 5.11. The van der Waals surface area contributed by atoms with E-state index in [2.05, 4.69) is 17.4 Å². The van der Waals surface area contributed by atoms with E-state index in [0.29, 0.717) is 42.5 Å². The number of amides is 3. The normalized spacial score (nSPS) is 13.7.